The van der Waals surface area contributed by atoms with Crippen LogP contribution in [0.15, 0.2) is 65.2 Å². The van der Waals surface area contributed by atoms with Crippen molar-refractivity contribution in [1.29, 1.82) is 5.41 Å². The summed E-state index contributed by atoms with van der Waals surface area (Å²) in [5.41, 5.74) is 11.7. The molecule has 0 radical (unpaired) electrons. The van der Waals surface area contributed by atoms with Crippen molar-refractivity contribution in [2.24, 2.45) is 0 Å². The van der Waals surface area contributed by atoms with Crippen molar-refractivity contribution in [2.45, 2.75) is 19.8 Å². The maximum atomic E-state index is 8.20. The van der Waals surface area contributed by atoms with Crippen LogP contribution in [0.25, 0.3) is 33.7 Å². The van der Waals surface area contributed by atoms with Crippen LogP contribution in [0.2, 0.25) is 0 Å². The van der Waals surface area contributed by atoms with E-state index in [2.05, 4.69) is 16.9 Å². The van der Waals surface area contributed by atoms with E-state index >= 15 is 0 Å². The number of nitrogens with one attached hydrogen (secondary N) is 1. The van der Waals surface area contributed by atoms with Crippen LogP contribution in [-0.2, 0) is 0 Å². The number of benzene rings is 2. The molecule has 0 amide bonds. The van der Waals surface area contributed by atoms with Gasteiger partial charge in [-0.3, -0.25) is 0 Å². The second-order valence-corrected chi connectivity index (χ2v) is 6.45. The van der Waals surface area contributed by atoms with Crippen molar-refractivity contribution in [3.63, 3.8) is 0 Å². The molecule has 0 saturated heterocycles. The highest BCUT2D eigenvalue weighted by atomic mass is 16.3. The van der Waals surface area contributed by atoms with Gasteiger partial charge in [0.05, 0.1) is 5.56 Å². The van der Waals surface area contributed by atoms with E-state index in [9.17, 15) is 0 Å². The third-order valence-electron chi connectivity index (χ3n) is 4.49. The average Bonchev–Trinajstić information content (AvgIpc) is 3.12. The van der Waals surface area contributed by atoms with Gasteiger partial charge in [-0.2, -0.15) is 0 Å². The van der Waals surface area contributed by atoms with Crippen LogP contribution in [0, 0.1) is 5.41 Å². The van der Waals surface area contributed by atoms with Gasteiger partial charge < -0.3 is 15.6 Å². The Kier molecular flexibility index (Phi) is 4.42. The summed E-state index contributed by atoms with van der Waals surface area (Å²) in [6.07, 6.45) is 3.45. The normalized spacial score (nSPS) is 11.0. The maximum absolute atomic E-state index is 8.20. The molecule has 0 spiro atoms. The summed E-state index contributed by atoms with van der Waals surface area (Å²) in [6, 6.07) is 17.5. The lowest BCUT2D eigenvalue weighted by molar-refractivity contribution is 0.620. The summed E-state index contributed by atoms with van der Waals surface area (Å²) in [5.74, 6) is 0.832. The molecule has 0 aliphatic heterocycles. The molecule has 5 nitrogen and oxygen atoms in total. The predicted molar refractivity (Wildman–Crippen MR) is 109 cm³/mol. The van der Waals surface area contributed by atoms with Gasteiger partial charge in [-0.15, -0.1) is 0 Å². The summed E-state index contributed by atoms with van der Waals surface area (Å²) in [4.78, 5) is 8.86. The second kappa shape index (κ2) is 7.03. The molecular weight excluding hydrogens is 336 g/mol. The number of hydrogen-bond acceptors (Lipinski definition) is 5. The highest BCUT2D eigenvalue weighted by Crippen LogP contribution is 2.31. The standard InChI is InChI=1S/C22H20N4O/c1-2-6-18(23)15-8-5-7-14(11-15)16-12-17(21(24)25-13-16)22-26-19-9-3-4-10-20(19)27-22/h3-5,7-13,23H,2,6H2,1H3,(H2,24,25). The molecule has 0 saturated carbocycles. The number of nitrogen functional groups attached to an aromatic ring is 1. The van der Waals surface area contributed by atoms with Gasteiger partial charge in [0.25, 0.3) is 0 Å². The molecule has 5 heteroatoms. The lowest BCUT2D eigenvalue weighted by Crippen LogP contribution is -1.99. The SMILES string of the molecule is CCCC(=N)c1cccc(-c2cnc(N)c(-c3nc4ccccc4o3)c2)c1. The van der Waals surface area contributed by atoms with Crippen LogP contribution in [0.5, 0.6) is 0 Å². The van der Waals surface area contributed by atoms with Crippen LogP contribution in [0.3, 0.4) is 0 Å². The Morgan fingerprint density at radius 1 is 1.07 bits per heavy atom. The van der Waals surface area contributed by atoms with Crippen molar-refractivity contribution >= 4 is 22.6 Å². The molecule has 4 aromatic rings. The Morgan fingerprint density at radius 3 is 2.74 bits per heavy atom. The number of nitrogens with zero attached hydrogens (tertiary/aromatic N) is 2. The third-order valence-corrected chi connectivity index (χ3v) is 4.49. The molecule has 134 valence electrons. The second-order valence-electron chi connectivity index (χ2n) is 6.45. The Hall–Kier alpha value is -3.47. The lowest BCUT2D eigenvalue weighted by atomic mass is 9.99. The number of hydrogen-bond donors (Lipinski definition) is 2. The van der Waals surface area contributed by atoms with Crippen molar-refractivity contribution in [1.82, 2.24) is 9.97 Å². The summed E-state index contributed by atoms with van der Waals surface area (Å²) in [6.45, 7) is 2.08. The van der Waals surface area contributed by atoms with Crippen molar-refractivity contribution in [3.8, 4) is 22.6 Å². The first-order valence-electron chi connectivity index (χ1n) is 8.95. The minimum Gasteiger partial charge on any atom is -0.436 e. The van der Waals surface area contributed by atoms with Gasteiger partial charge in [0.1, 0.15) is 11.3 Å². The monoisotopic (exact) mass is 356 g/mol. The largest absolute Gasteiger partial charge is 0.436 e. The van der Waals surface area contributed by atoms with E-state index in [1.165, 1.54) is 0 Å². The van der Waals surface area contributed by atoms with E-state index < -0.39 is 0 Å². The Morgan fingerprint density at radius 2 is 1.93 bits per heavy atom. The predicted octanol–water partition coefficient (Wildman–Crippen LogP) is 5.31. The highest BCUT2D eigenvalue weighted by Gasteiger charge is 2.14. The molecule has 0 bridgehead atoms. The lowest BCUT2D eigenvalue weighted by Gasteiger charge is -2.08. The number of nitrogens with two attached hydrogens (primary N) is 1. The number of para-hydroxylation sites is 2. The van der Waals surface area contributed by atoms with E-state index in [1.54, 1.807) is 6.20 Å². The molecule has 2 aromatic heterocycles. The number of fused-ring (bicyclic) bond motifs is 1. The first kappa shape index (κ1) is 17.0. The topological polar surface area (TPSA) is 88.8 Å². The van der Waals surface area contributed by atoms with Crippen LogP contribution in [0.1, 0.15) is 25.3 Å². The van der Waals surface area contributed by atoms with E-state index in [0.29, 0.717) is 28.6 Å². The average molecular weight is 356 g/mol. The van der Waals surface area contributed by atoms with Crippen LogP contribution >= 0.6 is 0 Å². The van der Waals surface area contributed by atoms with E-state index in [0.717, 1.165) is 35.0 Å². The molecule has 0 fully saturated rings. The summed E-state index contributed by atoms with van der Waals surface area (Å²) in [7, 11) is 0. The molecule has 0 aliphatic carbocycles. The molecule has 0 aliphatic rings. The number of anilines is 1. The number of aromatic nitrogens is 2. The van der Waals surface area contributed by atoms with E-state index in [4.69, 9.17) is 15.6 Å². The zero-order chi connectivity index (χ0) is 18.8. The van der Waals surface area contributed by atoms with Gasteiger partial charge >= 0.3 is 0 Å². The van der Waals surface area contributed by atoms with Crippen molar-refractivity contribution in [3.05, 3.63) is 66.4 Å². The number of pyridine rings is 1. The maximum Gasteiger partial charge on any atom is 0.231 e. The van der Waals surface area contributed by atoms with Crippen molar-refractivity contribution in [2.75, 3.05) is 5.73 Å². The van der Waals surface area contributed by atoms with Gasteiger partial charge in [-0.1, -0.05) is 43.7 Å². The fraction of sp³-hybridized carbons (Fsp3) is 0.136. The van der Waals surface area contributed by atoms with Gasteiger partial charge in [-0.05, 0) is 41.8 Å². The molecule has 0 atom stereocenters. The highest BCUT2D eigenvalue weighted by molar-refractivity contribution is 5.99. The summed E-state index contributed by atoms with van der Waals surface area (Å²) >= 11 is 0. The molecule has 3 N–H and O–H groups in total. The van der Waals surface area contributed by atoms with Gasteiger partial charge in [0, 0.05) is 17.5 Å². The summed E-state index contributed by atoms with van der Waals surface area (Å²) < 4.78 is 5.85. The van der Waals surface area contributed by atoms with E-state index in [-0.39, 0.29) is 0 Å². The first-order valence-corrected chi connectivity index (χ1v) is 8.95. The molecule has 27 heavy (non-hydrogen) atoms. The van der Waals surface area contributed by atoms with Gasteiger partial charge in [0.15, 0.2) is 5.58 Å². The van der Waals surface area contributed by atoms with Crippen LogP contribution < -0.4 is 5.73 Å². The minimum absolute atomic E-state index is 0.375. The Bertz CT molecular complexity index is 1100. The molecule has 4 rings (SSSR count). The quantitative estimate of drug-likeness (QED) is 0.474. The molecular formula is C22H20N4O. The van der Waals surface area contributed by atoms with Crippen molar-refractivity contribution < 1.29 is 4.42 Å². The number of rotatable bonds is 5. The number of oxazole rings is 1. The van der Waals surface area contributed by atoms with E-state index in [1.807, 2.05) is 54.6 Å². The third kappa shape index (κ3) is 3.31. The smallest absolute Gasteiger partial charge is 0.231 e. The van der Waals surface area contributed by atoms with Crippen LogP contribution in [0.4, 0.5) is 5.82 Å². The first-order chi connectivity index (χ1) is 13.2. The molecule has 2 aromatic carbocycles. The zero-order valence-corrected chi connectivity index (χ0v) is 15.1. The summed E-state index contributed by atoms with van der Waals surface area (Å²) in [5, 5.41) is 8.20. The van der Waals surface area contributed by atoms with Crippen LogP contribution in [-0.4, -0.2) is 15.7 Å². The zero-order valence-electron chi connectivity index (χ0n) is 15.1. The fourth-order valence-electron chi connectivity index (χ4n) is 3.07. The minimum atomic E-state index is 0.375. The van der Waals surface area contributed by atoms with Gasteiger partial charge in [-0.25, -0.2) is 9.97 Å². The Balaban J connectivity index is 1.76. The van der Waals surface area contributed by atoms with Gasteiger partial charge in [0.2, 0.25) is 5.89 Å². The fourth-order valence-corrected chi connectivity index (χ4v) is 3.07. The molecule has 0 unspecified atom stereocenters. The Labute approximate surface area is 157 Å². The molecule has 2 heterocycles.